The number of carboxylic acids is 1. The molecule has 172 valence electrons. The molecule has 3 aromatic carbocycles. The number of rotatable bonds is 5. The van der Waals surface area contributed by atoms with Crippen molar-refractivity contribution >= 4 is 28.5 Å². The molecule has 1 amide bonds. The topological polar surface area (TPSA) is 84.5 Å². The first-order valence-electron chi connectivity index (χ1n) is 11.5. The molecule has 1 atom stereocenters. The first-order chi connectivity index (χ1) is 17.1. The fourth-order valence-electron chi connectivity index (χ4n) is 4.98. The number of nitrogens with zero attached hydrogens (tertiary/aromatic N) is 1. The molecule has 3 heterocycles. The van der Waals surface area contributed by atoms with Gasteiger partial charge in [0.15, 0.2) is 0 Å². The number of carbonyl (C=O) groups is 2. The minimum atomic E-state index is -1.01. The second kappa shape index (κ2) is 8.33. The fraction of sp³-hybridized carbons (Fsp3) is 0.103. The summed E-state index contributed by atoms with van der Waals surface area (Å²) in [7, 11) is 0. The molecule has 1 unspecified atom stereocenters. The average Bonchev–Trinajstić information content (AvgIpc) is 3.46. The molecule has 1 aliphatic rings. The first kappa shape index (κ1) is 21.0. The number of nitrogens with one attached hydrogen (secondary N) is 1. The minimum Gasteiger partial charge on any atom is -0.478 e. The van der Waals surface area contributed by atoms with Crippen molar-refractivity contribution in [3.63, 3.8) is 0 Å². The number of hydrogen-bond acceptors (Lipinski definition) is 3. The number of benzene rings is 3. The summed E-state index contributed by atoms with van der Waals surface area (Å²) < 4.78 is 8.43. The number of aromatic nitrogens is 1. The van der Waals surface area contributed by atoms with E-state index in [9.17, 15) is 14.7 Å². The molecule has 0 fully saturated rings. The summed E-state index contributed by atoms with van der Waals surface area (Å²) in [5.74, 6) is -0.302. The van der Waals surface area contributed by atoms with Crippen LogP contribution in [0.4, 0.5) is 5.69 Å². The van der Waals surface area contributed by atoms with Crippen molar-refractivity contribution in [2.45, 2.75) is 18.9 Å². The summed E-state index contributed by atoms with van der Waals surface area (Å²) in [6, 6.07) is 26.6. The summed E-state index contributed by atoms with van der Waals surface area (Å²) in [5.41, 5.74) is 4.71. The van der Waals surface area contributed by atoms with Crippen LogP contribution in [-0.4, -0.2) is 21.6 Å². The van der Waals surface area contributed by atoms with Gasteiger partial charge in [-0.2, -0.15) is 0 Å². The van der Waals surface area contributed by atoms with Crippen LogP contribution in [0.25, 0.3) is 22.2 Å². The highest BCUT2D eigenvalue weighted by Gasteiger charge is 2.30. The van der Waals surface area contributed by atoms with Crippen molar-refractivity contribution in [1.29, 1.82) is 0 Å². The van der Waals surface area contributed by atoms with Crippen molar-refractivity contribution in [2.24, 2.45) is 0 Å². The van der Waals surface area contributed by atoms with Gasteiger partial charge in [-0.15, -0.1) is 0 Å². The molecular weight excluding hydrogens is 440 g/mol. The van der Waals surface area contributed by atoms with Gasteiger partial charge in [0.25, 0.3) is 0 Å². The number of aromatic carboxylic acids is 1. The zero-order chi connectivity index (χ0) is 23.9. The predicted molar refractivity (Wildman–Crippen MR) is 134 cm³/mol. The Morgan fingerprint density at radius 3 is 2.60 bits per heavy atom. The lowest BCUT2D eigenvalue weighted by molar-refractivity contribution is -0.116. The molecule has 0 bridgehead atoms. The Bertz CT molecular complexity index is 1580. The summed E-state index contributed by atoms with van der Waals surface area (Å²) in [6.45, 7) is 0.705. The molecule has 0 saturated heterocycles. The van der Waals surface area contributed by atoms with Gasteiger partial charge in [-0.3, -0.25) is 4.79 Å². The number of hydrogen-bond donors (Lipinski definition) is 2. The van der Waals surface area contributed by atoms with E-state index in [2.05, 4.69) is 34.3 Å². The monoisotopic (exact) mass is 462 g/mol. The third-order valence-corrected chi connectivity index (χ3v) is 6.56. The second-order valence-electron chi connectivity index (χ2n) is 8.76. The highest BCUT2D eigenvalue weighted by molar-refractivity contribution is 6.06. The second-order valence-corrected chi connectivity index (χ2v) is 8.76. The highest BCUT2D eigenvalue weighted by Crippen LogP contribution is 2.42. The van der Waals surface area contributed by atoms with Crippen molar-refractivity contribution in [3.8, 4) is 11.3 Å². The molecule has 0 spiro atoms. The maximum Gasteiger partial charge on any atom is 0.336 e. The average molecular weight is 463 g/mol. The SMILES string of the molecule is O=C1CC(c2ccc(-c3ccccc3C(=O)O)o2)c2cn(Cc3ccccc3)c3cccc(c23)N1. The number of carbonyl (C=O) groups excluding carboxylic acids is 1. The summed E-state index contributed by atoms with van der Waals surface area (Å²) in [5, 5.41) is 13.6. The van der Waals surface area contributed by atoms with Crippen molar-refractivity contribution in [1.82, 2.24) is 4.57 Å². The predicted octanol–water partition coefficient (Wildman–Crippen LogP) is 6.12. The lowest BCUT2D eigenvalue weighted by atomic mass is 9.93. The molecule has 35 heavy (non-hydrogen) atoms. The maximum absolute atomic E-state index is 12.8. The summed E-state index contributed by atoms with van der Waals surface area (Å²) in [6.07, 6.45) is 2.34. The minimum absolute atomic E-state index is 0.0859. The molecule has 1 aliphatic heterocycles. The van der Waals surface area contributed by atoms with Crippen molar-refractivity contribution in [3.05, 3.63) is 114 Å². The molecule has 6 rings (SSSR count). The van der Waals surface area contributed by atoms with E-state index >= 15 is 0 Å². The van der Waals surface area contributed by atoms with Gasteiger partial charge in [-0.1, -0.05) is 54.6 Å². The van der Waals surface area contributed by atoms with E-state index < -0.39 is 5.97 Å². The van der Waals surface area contributed by atoms with E-state index in [4.69, 9.17) is 4.42 Å². The van der Waals surface area contributed by atoms with Gasteiger partial charge in [0.05, 0.1) is 22.7 Å². The number of amides is 1. The van der Waals surface area contributed by atoms with Crippen LogP contribution in [0.3, 0.4) is 0 Å². The van der Waals surface area contributed by atoms with Gasteiger partial charge in [-0.05, 0) is 41.5 Å². The van der Waals surface area contributed by atoms with E-state index in [0.717, 1.165) is 22.2 Å². The quantitative estimate of drug-likeness (QED) is 0.329. The Morgan fingerprint density at radius 1 is 0.971 bits per heavy atom. The van der Waals surface area contributed by atoms with E-state index in [1.165, 1.54) is 5.56 Å². The number of carboxylic acid groups (broad SMARTS) is 1. The van der Waals surface area contributed by atoms with Crippen LogP contribution in [0.1, 0.15) is 39.6 Å². The molecule has 6 heteroatoms. The Morgan fingerprint density at radius 2 is 1.77 bits per heavy atom. The standard InChI is InChI=1S/C29H22N2O4/c32-27-15-21(26-14-13-25(35-26)19-9-4-5-10-20(19)29(33)34)22-17-31(16-18-7-2-1-3-8-18)24-12-6-11-23(30-27)28(22)24/h1-14,17,21H,15-16H2,(H,30,32)(H,33,34). The van der Waals surface area contributed by atoms with Crippen molar-refractivity contribution < 1.29 is 19.1 Å². The van der Waals surface area contributed by atoms with Gasteiger partial charge in [0.2, 0.25) is 5.91 Å². The molecular formula is C29H22N2O4. The van der Waals surface area contributed by atoms with Crippen molar-refractivity contribution in [2.75, 3.05) is 5.32 Å². The molecule has 6 nitrogen and oxygen atoms in total. The zero-order valence-corrected chi connectivity index (χ0v) is 18.8. The van der Waals surface area contributed by atoms with Crippen LogP contribution in [0, 0.1) is 0 Å². The Balaban J connectivity index is 1.47. The van der Waals surface area contributed by atoms with Crippen LogP contribution in [-0.2, 0) is 11.3 Å². The highest BCUT2D eigenvalue weighted by atomic mass is 16.4. The normalized spacial score (nSPS) is 15.1. The maximum atomic E-state index is 12.8. The number of anilines is 1. The Hall–Kier alpha value is -4.58. The van der Waals surface area contributed by atoms with Gasteiger partial charge < -0.3 is 19.4 Å². The van der Waals surface area contributed by atoms with Crippen LogP contribution < -0.4 is 5.32 Å². The van der Waals surface area contributed by atoms with Gasteiger partial charge in [-0.25, -0.2) is 4.79 Å². The van der Waals surface area contributed by atoms with Gasteiger partial charge >= 0.3 is 5.97 Å². The lowest BCUT2D eigenvalue weighted by Gasteiger charge is -2.11. The van der Waals surface area contributed by atoms with E-state index in [1.807, 2.05) is 36.4 Å². The van der Waals surface area contributed by atoms with E-state index in [-0.39, 0.29) is 23.8 Å². The van der Waals surface area contributed by atoms with Crippen LogP contribution in [0.5, 0.6) is 0 Å². The number of furan rings is 1. The van der Waals surface area contributed by atoms with Gasteiger partial charge in [0, 0.05) is 30.1 Å². The summed E-state index contributed by atoms with van der Waals surface area (Å²) in [4.78, 5) is 24.5. The van der Waals surface area contributed by atoms with Crippen LogP contribution >= 0.6 is 0 Å². The molecule has 2 N–H and O–H groups in total. The first-order valence-corrected chi connectivity index (χ1v) is 11.5. The Labute approximate surface area is 201 Å². The molecule has 2 aromatic heterocycles. The smallest absolute Gasteiger partial charge is 0.336 e. The molecule has 0 saturated carbocycles. The van der Waals surface area contributed by atoms with E-state index in [1.54, 1.807) is 30.3 Å². The molecule has 5 aromatic rings. The lowest BCUT2D eigenvalue weighted by Crippen LogP contribution is -2.13. The van der Waals surface area contributed by atoms with Crippen LogP contribution in [0.2, 0.25) is 0 Å². The van der Waals surface area contributed by atoms with E-state index in [0.29, 0.717) is 23.6 Å². The largest absolute Gasteiger partial charge is 0.478 e. The third kappa shape index (κ3) is 3.69. The zero-order valence-electron chi connectivity index (χ0n) is 18.8. The third-order valence-electron chi connectivity index (χ3n) is 6.56. The molecule has 0 radical (unpaired) electrons. The molecule has 0 aliphatic carbocycles. The van der Waals surface area contributed by atoms with Crippen LogP contribution in [0.15, 0.2) is 95.5 Å². The fourth-order valence-corrected chi connectivity index (χ4v) is 4.98. The Kier molecular flexibility index (Phi) is 4.99. The summed E-state index contributed by atoms with van der Waals surface area (Å²) >= 11 is 0. The van der Waals surface area contributed by atoms with Gasteiger partial charge in [0.1, 0.15) is 11.5 Å².